The fourth-order valence-electron chi connectivity index (χ4n) is 0.270. The number of aliphatic hydroxyl groups excluding tert-OH is 2. The first-order valence-electron chi connectivity index (χ1n) is 2.28. The maximum absolute atomic E-state index is 9.77. The van der Waals surface area contributed by atoms with Gasteiger partial charge >= 0.3 is 11.9 Å². The Morgan fingerprint density at radius 3 is 1.17 bits per heavy atom. The van der Waals surface area contributed by atoms with Gasteiger partial charge in [0.15, 0.2) is 12.2 Å². The van der Waals surface area contributed by atoms with Gasteiger partial charge in [0.05, 0.1) is 0 Å². The standard InChI is InChI=1S/C4H6O6.H2O.Ti/c5-1(3(7)8)2(6)4(9)10;;/h1-2,5-6H,(H,7,8)(H,9,10);1H2;. The summed E-state index contributed by atoms with van der Waals surface area (Å²) in [6.45, 7) is 0. The molecule has 12 heavy (non-hydrogen) atoms. The zero-order chi connectivity index (χ0) is 8.31. The van der Waals surface area contributed by atoms with Crippen molar-refractivity contribution < 1.29 is 57.2 Å². The van der Waals surface area contributed by atoms with Crippen molar-refractivity contribution in [3.05, 3.63) is 0 Å². The minimum atomic E-state index is -2.27. The van der Waals surface area contributed by atoms with E-state index in [2.05, 4.69) is 0 Å². The van der Waals surface area contributed by atoms with Gasteiger partial charge in [0.25, 0.3) is 0 Å². The van der Waals surface area contributed by atoms with E-state index < -0.39 is 24.1 Å². The van der Waals surface area contributed by atoms with Crippen molar-refractivity contribution >= 4 is 11.9 Å². The Bertz CT molecular complexity index is 139. The molecule has 0 aromatic rings. The van der Waals surface area contributed by atoms with Crippen LogP contribution < -0.4 is 0 Å². The van der Waals surface area contributed by atoms with Gasteiger partial charge in [0.2, 0.25) is 0 Å². The molecule has 70 valence electrons. The number of hydrogen-bond donors (Lipinski definition) is 4. The molecule has 0 aromatic heterocycles. The fourth-order valence-corrected chi connectivity index (χ4v) is 0.270. The van der Waals surface area contributed by atoms with Crippen molar-refractivity contribution in [3.63, 3.8) is 0 Å². The number of carbonyl (C=O) groups is 2. The number of carboxylic acids is 2. The zero-order valence-corrected chi connectivity index (χ0v) is 7.32. The first-order chi connectivity index (χ1) is 4.46. The molecule has 0 aliphatic rings. The normalized spacial score (nSPS) is 13.2. The molecule has 0 heterocycles. The fraction of sp³-hybridized carbons (Fsp3) is 0.500. The second-order valence-electron chi connectivity index (χ2n) is 1.57. The van der Waals surface area contributed by atoms with Crippen LogP contribution in [0.4, 0.5) is 0 Å². The Morgan fingerprint density at radius 1 is 0.917 bits per heavy atom. The Labute approximate surface area is 81.8 Å². The molecule has 0 bridgehead atoms. The number of aliphatic hydroxyl groups is 2. The minimum Gasteiger partial charge on any atom is -0.479 e. The summed E-state index contributed by atoms with van der Waals surface area (Å²) in [5.74, 6) is -3.54. The van der Waals surface area contributed by atoms with E-state index in [1.807, 2.05) is 0 Å². The summed E-state index contributed by atoms with van der Waals surface area (Å²) in [7, 11) is 0. The maximum Gasteiger partial charge on any atom is 0.335 e. The molecule has 0 amide bonds. The number of carboxylic acid groups (broad SMARTS) is 2. The Balaban J connectivity index is -0.000000405. The van der Waals surface area contributed by atoms with E-state index in [9.17, 15) is 9.59 Å². The van der Waals surface area contributed by atoms with Gasteiger partial charge < -0.3 is 25.9 Å². The summed E-state index contributed by atoms with van der Waals surface area (Å²) in [5.41, 5.74) is 0. The predicted octanol–water partition coefficient (Wildman–Crippen LogP) is -2.95. The van der Waals surface area contributed by atoms with Gasteiger partial charge in [-0.2, -0.15) is 0 Å². The molecule has 2 unspecified atom stereocenters. The van der Waals surface area contributed by atoms with Crippen LogP contribution in [0.1, 0.15) is 0 Å². The molecule has 0 aliphatic carbocycles. The van der Waals surface area contributed by atoms with Crippen LogP contribution in [-0.4, -0.2) is 50.0 Å². The molecule has 0 saturated heterocycles. The molecule has 0 spiro atoms. The SMILES string of the molecule is O.O=C(O)C(O)C(O)C(=O)O.[Ti]. The van der Waals surface area contributed by atoms with E-state index in [1.165, 1.54) is 0 Å². The van der Waals surface area contributed by atoms with E-state index in [0.717, 1.165) is 0 Å². The maximum atomic E-state index is 9.77. The van der Waals surface area contributed by atoms with Crippen molar-refractivity contribution in [1.29, 1.82) is 0 Å². The summed E-state index contributed by atoms with van der Waals surface area (Å²) in [4.78, 5) is 19.5. The van der Waals surface area contributed by atoms with E-state index in [0.29, 0.717) is 0 Å². The summed E-state index contributed by atoms with van der Waals surface area (Å²) in [6.07, 6.45) is -4.53. The number of aliphatic carboxylic acids is 2. The Morgan fingerprint density at radius 2 is 1.08 bits per heavy atom. The summed E-state index contributed by atoms with van der Waals surface area (Å²) < 4.78 is 0. The van der Waals surface area contributed by atoms with Gasteiger partial charge in [-0.25, -0.2) is 9.59 Å². The third kappa shape index (κ3) is 5.22. The zero-order valence-electron chi connectivity index (χ0n) is 5.76. The van der Waals surface area contributed by atoms with Crippen molar-refractivity contribution in [3.8, 4) is 0 Å². The Kier molecular flexibility index (Phi) is 10.5. The molecule has 0 radical (unpaired) electrons. The molecule has 8 heteroatoms. The Hall–Kier alpha value is -0.466. The molecule has 0 aliphatic heterocycles. The van der Waals surface area contributed by atoms with Crippen molar-refractivity contribution in [2.24, 2.45) is 0 Å². The first-order valence-corrected chi connectivity index (χ1v) is 2.28. The van der Waals surface area contributed by atoms with Crippen LogP contribution in [0.5, 0.6) is 0 Å². The monoisotopic (exact) mass is 216 g/mol. The summed E-state index contributed by atoms with van der Waals surface area (Å²) >= 11 is 0. The quantitative estimate of drug-likeness (QED) is 0.371. The third-order valence-electron chi connectivity index (χ3n) is 0.805. The van der Waals surface area contributed by atoms with Gasteiger partial charge in [0.1, 0.15) is 0 Å². The van der Waals surface area contributed by atoms with E-state index in [1.54, 1.807) is 0 Å². The first kappa shape index (κ1) is 17.6. The number of hydrogen-bond acceptors (Lipinski definition) is 4. The summed E-state index contributed by atoms with van der Waals surface area (Å²) in [5, 5.41) is 32.5. The molecule has 6 N–H and O–H groups in total. The molecule has 0 rings (SSSR count). The second-order valence-corrected chi connectivity index (χ2v) is 1.57. The summed E-state index contributed by atoms with van der Waals surface area (Å²) in [6, 6.07) is 0. The molecule has 0 saturated carbocycles. The van der Waals surface area contributed by atoms with Crippen molar-refractivity contribution in [1.82, 2.24) is 0 Å². The van der Waals surface area contributed by atoms with Crippen LogP contribution >= 0.6 is 0 Å². The van der Waals surface area contributed by atoms with Crippen LogP contribution in [0, 0.1) is 0 Å². The molecule has 0 aromatic carbocycles. The molecule has 2 atom stereocenters. The topological polar surface area (TPSA) is 147 Å². The molecule has 0 fully saturated rings. The van der Waals surface area contributed by atoms with Gasteiger partial charge in [0, 0.05) is 21.7 Å². The van der Waals surface area contributed by atoms with Crippen LogP contribution in [0.3, 0.4) is 0 Å². The minimum absolute atomic E-state index is 0. The average molecular weight is 216 g/mol. The van der Waals surface area contributed by atoms with Gasteiger partial charge in [-0.15, -0.1) is 0 Å². The van der Waals surface area contributed by atoms with Crippen LogP contribution in [0.2, 0.25) is 0 Å². The van der Waals surface area contributed by atoms with Crippen molar-refractivity contribution in [2.45, 2.75) is 12.2 Å². The molecule has 7 nitrogen and oxygen atoms in total. The van der Waals surface area contributed by atoms with E-state index in [4.69, 9.17) is 20.4 Å². The second kappa shape index (κ2) is 7.20. The number of rotatable bonds is 3. The van der Waals surface area contributed by atoms with Crippen LogP contribution in [0.15, 0.2) is 0 Å². The van der Waals surface area contributed by atoms with Gasteiger partial charge in [-0.1, -0.05) is 0 Å². The molecular formula is C4H8O7Ti. The van der Waals surface area contributed by atoms with E-state index >= 15 is 0 Å². The van der Waals surface area contributed by atoms with Crippen molar-refractivity contribution in [2.75, 3.05) is 0 Å². The van der Waals surface area contributed by atoms with E-state index in [-0.39, 0.29) is 27.2 Å². The average Bonchev–Trinajstić information content (AvgIpc) is 1.84. The largest absolute Gasteiger partial charge is 0.479 e. The van der Waals surface area contributed by atoms with Crippen LogP contribution in [0.25, 0.3) is 0 Å². The van der Waals surface area contributed by atoms with Gasteiger partial charge in [-0.3, -0.25) is 0 Å². The van der Waals surface area contributed by atoms with Crippen LogP contribution in [-0.2, 0) is 31.3 Å². The smallest absolute Gasteiger partial charge is 0.335 e. The molecular weight excluding hydrogens is 208 g/mol. The van der Waals surface area contributed by atoms with Gasteiger partial charge in [-0.05, 0) is 0 Å². The predicted molar refractivity (Wildman–Crippen MR) is 30.9 cm³/mol. The third-order valence-corrected chi connectivity index (χ3v) is 0.805.